The first-order valence-corrected chi connectivity index (χ1v) is 27.2. The molecule has 374 valence electrons. The highest BCUT2D eigenvalue weighted by atomic mass is 32.2. The zero-order valence-corrected chi connectivity index (χ0v) is 43.7. The second-order valence-electron chi connectivity index (χ2n) is 17.7. The van der Waals surface area contributed by atoms with Crippen LogP contribution in [0.4, 0.5) is 5.13 Å². The van der Waals surface area contributed by atoms with Gasteiger partial charge in [0.15, 0.2) is 21.3 Å². The number of nitrogens with one attached hydrogen (secondary N) is 2. The number of carbonyl (C=O) groups is 3. The third-order valence-electron chi connectivity index (χ3n) is 12.4. The maximum atomic E-state index is 14.8. The summed E-state index contributed by atoms with van der Waals surface area (Å²) in [6.45, 7) is 5.05. The standard InChI is InChI=1S/C55H48N8O7S4/c1-34-30-42(64)63-52(56-34)74-53(60-63)73-32-37-31-71-49-44(48(66)62(49)45(37)50(67)69-46(35-20-10-5-11-21-35)36-22-12-6-13-23-36)58-47(65)43(61-70-54(2,3)68-4)41-33-72-51(57-41)59-55(38-24-14-7-15-25-38,39-26-16-8-17-27-39)40-28-18-9-19-29-40/h5-30,33,44,46,49H,31-32H2,1-4H3,(H,57,59)(H,58,65)/t44-,49-/m1/s1. The van der Waals surface area contributed by atoms with Crippen LogP contribution < -0.4 is 16.2 Å². The third-order valence-corrected chi connectivity index (χ3v) is 16.6. The van der Waals surface area contributed by atoms with Gasteiger partial charge in [-0.3, -0.25) is 19.3 Å². The molecule has 1 fully saturated rings. The van der Waals surface area contributed by atoms with Gasteiger partial charge in [-0.2, -0.15) is 4.52 Å². The first-order valence-electron chi connectivity index (χ1n) is 23.4. The number of fused-ring (bicyclic) bond motifs is 2. The average molecular weight is 1060 g/mol. The molecule has 15 nitrogen and oxygen atoms in total. The van der Waals surface area contributed by atoms with Crippen molar-refractivity contribution in [3.8, 4) is 0 Å². The van der Waals surface area contributed by atoms with Crippen LogP contribution in [0.1, 0.15) is 59.2 Å². The minimum Gasteiger partial charge on any atom is -0.448 e. The zero-order chi connectivity index (χ0) is 51.4. The molecule has 8 aromatic rings. The molecule has 0 bridgehead atoms. The lowest BCUT2D eigenvalue weighted by Gasteiger charge is -2.49. The maximum Gasteiger partial charge on any atom is 0.356 e. The summed E-state index contributed by atoms with van der Waals surface area (Å²) in [7, 11) is 1.46. The second-order valence-corrected chi connectivity index (χ2v) is 21.8. The number of benzene rings is 5. The lowest BCUT2D eigenvalue weighted by molar-refractivity contribution is -0.197. The van der Waals surface area contributed by atoms with Gasteiger partial charge in [-0.05, 0) is 40.3 Å². The Morgan fingerprint density at radius 3 is 1.96 bits per heavy atom. The van der Waals surface area contributed by atoms with E-state index in [9.17, 15) is 19.2 Å². The largest absolute Gasteiger partial charge is 0.448 e. The highest BCUT2D eigenvalue weighted by Crippen LogP contribution is 2.44. The number of aromatic nitrogens is 4. The van der Waals surface area contributed by atoms with Crippen LogP contribution in [-0.2, 0) is 34.2 Å². The van der Waals surface area contributed by atoms with E-state index >= 15 is 0 Å². The smallest absolute Gasteiger partial charge is 0.356 e. The minimum atomic E-state index is -1.24. The summed E-state index contributed by atoms with van der Waals surface area (Å²) in [6.07, 6.45) is -0.803. The zero-order valence-electron chi connectivity index (χ0n) is 40.4. The van der Waals surface area contributed by atoms with E-state index in [1.807, 2.05) is 115 Å². The van der Waals surface area contributed by atoms with Crippen molar-refractivity contribution in [1.82, 2.24) is 29.8 Å². The van der Waals surface area contributed by atoms with Crippen LogP contribution in [0.25, 0.3) is 4.96 Å². The molecule has 0 saturated carbocycles. The first-order chi connectivity index (χ1) is 35.9. The van der Waals surface area contributed by atoms with E-state index in [0.29, 0.717) is 31.5 Å². The fourth-order valence-electron chi connectivity index (χ4n) is 8.63. The Labute approximate surface area is 442 Å². The van der Waals surface area contributed by atoms with Gasteiger partial charge in [0.05, 0.1) is 0 Å². The molecule has 10 rings (SSSR count). The molecular formula is C55H48N8O7S4. The highest BCUT2D eigenvalue weighted by Gasteiger charge is 2.55. The number of aryl methyl sites for hydroxylation is 1. The summed E-state index contributed by atoms with van der Waals surface area (Å²) in [5.74, 6) is -2.66. The minimum absolute atomic E-state index is 0.0777. The number of ether oxygens (including phenoxy) is 2. The van der Waals surface area contributed by atoms with Crippen LogP contribution >= 0.6 is 46.2 Å². The van der Waals surface area contributed by atoms with Crippen molar-refractivity contribution in [1.29, 1.82) is 0 Å². The molecule has 5 heterocycles. The van der Waals surface area contributed by atoms with Gasteiger partial charge in [-0.1, -0.05) is 180 Å². The molecule has 0 aliphatic carbocycles. The molecule has 5 aromatic carbocycles. The van der Waals surface area contributed by atoms with E-state index in [2.05, 4.69) is 62.3 Å². The number of hydrogen-bond donors (Lipinski definition) is 2. The molecule has 0 unspecified atom stereocenters. The van der Waals surface area contributed by atoms with Crippen molar-refractivity contribution >= 4 is 79.8 Å². The quantitative estimate of drug-likeness (QED) is 0.0158. The number of oxime groups is 1. The fraction of sp³-hybridized carbons (Fsp3) is 0.200. The van der Waals surface area contributed by atoms with Gasteiger partial charge in [0.2, 0.25) is 10.7 Å². The van der Waals surface area contributed by atoms with Crippen molar-refractivity contribution < 1.29 is 28.7 Å². The molecule has 0 spiro atoms. The molecule has 0 radical (unpaired) electrons. The Hall–Kier alpha value is -7.42. The van der Waals surface area contributed by atoms with Crippen LogP contribution in [0, 0.1) is 6.92 Å². The van der Waals surface area contributed by atoms with E-state index in [0.717, 1.165) is 27.8 Å². The maximum absolute atomic E-state index is 14.8. The third kappa shape index (κ3) is 10.3. The van der Waals surface area contributed by atoms with Gasteiger partial charge in [0.25, 0.3) is 17.4 Å². The SMILES string of the molecule is COC(C)(C)ON=C(C(=O)N[C@@H]1C(=O)N2C(C(=O)OC(c3ccccc3)c3ccccc3)=C(CSc3nn4c(=O)cc(C)nc4s3)CS[C@H]12)c1csc(NC(c2ccccc2)(c2ccccc2)c2ccccc2)n1. The average Bonchev–Trinajstić information content (AvgIpc) is 4.10. The number of thiazole rings is 1. The van der Waals surface area contributed by atoms with Crippen LogP contribution in [0.3, 0.4) is 0 Å². The van der Waals surface area contributed by atoms with E-state index in [1.54, 1.807) is 26.2 Å². The van der Waals surface area contributed by atoms with Crippen LogP contribution in [-0.4, -0.2) is 83.8 Å². The van der Waals surface area contributed by atoms with E-state index in [4.69, 9.17) is 19.3 Å². The van der Waals surface area contributed by atoms with E-state index in [1.165, 1.54) is 68.8 Å². The molecule has 2 atom stereocenters. The molecule has 2 aliphatic rings. The Balaban J connectivity index is 0.959. The molecular weight excluding hydrogens is 1010 g/mol. The predicted octanol–water partition coefficient (Wildman–Crippen LogP) is 9.20. The van der Waals surface area contributed by atoms with Gasteiger partial charge in [-0.15, -0.1) is 28.2 Å². The number of thioether (sulfide) groups is 2. The number of nitrogens with zero attached hydrogens (tertiary/aromatic N) is 6. The first kappa shape index (κ1) is 50.1. The summed E-state index contributed by atoms with van der Waals surface area (Å²) in [6, 6.07) is 49.3. The van der Waals surface area contributed by atoms with Crippen molar-refractivity contribution in [3.63, 3.8) is 0 Å². The summed E-state index contributed by atoms with van der Waals surface area (Å²) in [4.78, 5) is 74.0. The van der Waals surface area contributed by atoms with E-state index < -0.39 is 46.6 Å². The van der Waals surface area contributed by atoms with Crippen molar-refractivity contribution in [2.75, 3.05) is 23.9 Å². The summed E-state index contributed by atoms with van der Waals surface area (Å²) in [5.41, 5.74) is 4.40. The molecule has 2 aliphatic heterocycles. The Bertz CT molecular complexity index is 3310. The van der Waals surface area contributed by atoms with Crippen LogP contribution in [0.5, 0.6) is 0 Å². The summed E-state index contributed by atoms with van der Waals surface area (Å²) in [5, 5.41) is 17.0. The van der Waals surface area contributed by atoms with Crippen LogP contribution in [0.15, 0.2) is 189 Å². The number of esters is 1. The highest BCUT2D eigenvalue weighted by molar-refractivity contribution is 8.02. The molecule has 74 heavy (non-hydrogen) atoms. The lowest BCUT2D eigenvalue weighted by Crippen LogP contribution is -2.71. The number of amides is 2. The Kier molecular flexibility index (Phi) is 14.6. The number of carbonyl (C=O) groups excluding carboxylic acids is 3. The van der Waals surface area contributed by atoms with Crippen molar-refractivity contribution in [3.05, 3.63) is 224 Å². The second kappa shape index (κ2) is 21.6. The topological polar surface area (TPSA) is 179 Å². The normalized spacial score (nSPS) is 15.9. The summed E-state index contributed by atoms with van der Waals surface area (Å²) >= 11 is 5.25. The van der Waals surface area contributed by atoms with Crippen molar-refractivity contribution in [2.45, 2.75) is 54.0 Å². The molecule has 2 N–H and O–H groups in total. The summed E-state index contributed by atoms with van der Waals surface area (Å²) < 4.78 is 13.7. The predicted molar refractivity (Wildman–Crippen MR) is 289 cm³/mol. The van der Waals surface area contributed by atoms with Crippen molar-refractivity contribution in [2.24, 2.45) is 5.16 Å². The lowest BCUT2D eigenvalue weighted by atomic mass is 9.77. The Morgan fingerprint density at radius 1 is 0.824 bits per heavy atom. The molecule has 1 saturated heterocycles. The van der Waals surface area contributed by atoms with Gasteiger partial charge in [-0.25, -0.2) is 14.8 Å². The number of rotatable bonds is 18. The number of β-lactam (4-membered cyclic amide) rings is 1. The Morgan fingerprint density at radius 2 is 1.39 bits per heavy atom. The van der Waals surface area contributed by atoms with Gasteiger partial charge >= 0.3 is 5.97 Å². The van der Waals surface area contributed by atoms with Gasteiger partial charge < -0.3 is 24.9 Å². The number of hydrogen-bond acceptors (Lipinski definition) is 16. The molecule has 3 aromatic heterocycles. The number of methoxy groups -OCH3 is 1. The van der Waals surface area contributed by atoms with E-state index in [-0.39, 0.29) is 28.4 Å². The van der Waals surface area contributed by atoms with Gasteiger partial charge in [0, 0.05) is 49.6 Å². The molecule has 2 amide bonds. The number of anilines is 1. The van der Waals surface area contributed by atoms with Crippen LogP contribution in [0.2, 0.25) is 0 Å². The monoisotopic (exact) mass is 1060 g/mol. The van der Waals surface area contributed by atoms with Gasteiger partial charge in [0.1, 0.15) is 28.3 Å². The fourth-order valence-corrected chi connectivity index (χ4v) is 12.9. The molecule has 19 heteroatoms.